The lowest BCUT2D eigenvalue weighted by molar-refractivity contribution is -0.145. The highest BCUT2D eigenvalue weighted by atomic mass is 32.2. The number of fused-ring (bicyclic) bond motifs is 6. The van der Waals surface area contributed by atoms with E-state index in [2.05, 4.69) is 27.7 Å². The summed E-state index contributed by atoms with van der Waals surface area (Å²) in [5, 5.41) is 6.89. The number of hydrogen-bond acceptors (Lipinski definition) is 13. The van der Waals surface area contributed by atoms with E-state index in [0.717, 1.165) is 122 Å². The van der Waals surface area contributed by atoms with Gasteiger partial charge in [-0.2, -0.15) is 0 Å². The molecule has 0 aromatic rings. The van der Waals surface area contributed by atoms with E-state index in [0.29, 0.717) is 70.4 Å². The van der Waals surface area contributed by atoms with Gasteiger partial charge in [0, 0.05) is 69.4 Å². The van der Waals surface area contributed by atoms with Crippen molar-refractivity contribution in [3.05, 3.63) is 0 Å². The zero-order valence-electron chi connectivity index (χ0n) is 54.5. The van der Waals surface area contributed by atoms with Crippen LogP contribution in [0.2, 0.25) is 0 Å². The van der Waals surface area contributed by atoms with Gasteiger partial charge in [-0.1, -0.05) is 164 Å². The Hall–Kier alpha value is -3.99. The molecule has 7 aliphatic rings. The van der Waals surface area contributed by atoms with Crippen molar-refractivity contribution < 1.29 is 61.5 Å². The third kappa shape index (κ3) is 19.0. The Balaban J connectivity index is 0.000000324. The molecule has 17 heteroatoms. The molecule has 4 saturated heterocycles. The van der Waals surface area contributed by atoms with Gasteiger partial charge in [0.15, 0.2) is 33.0 Å². The molecule has 4 heterocycles. The van der Waals surface area contributed by atoms with E-state index in [1.807, 2.05) is 13.8 Å². The van der Waals surface area contributed by atoms with Gasteiger partial charge in [-0.15, -0.1) is 0 Å². The average Bonchev–Trinajstić information content (AvgIpc) is 2.18. The van der Waals surface area contributed by atoms with Gasteiger partial charge in [0.1, 0.15) is 5.78 Å². The highest BCUT2D eigenvalue weighted by molar-refractivity contribution is 7.92. The molecule has 16 nitrogen and oxygen atoms in total. The number of nitrogens with zero attached hydrogens (tertiary/aromatic N) is 2. The van der Waals surface area contributed by atoms with Gasteiger partial charge >= 0.3 is 0 Å². The van der Waals surface area contributed by atoms with Crippen LogP contribution in [0.5, 0.6) is 0 Å². The minimum atomic E-state index is -3.45. The molecular formula is C69H113N3O13S. The number of sulfone groups is 1. The number of amides is 2. The lowest BCUT2D eigenvalue weighted by atomic mass is 9.71. The van der Waals surface area contributed by atoms with Crippen LogP contribution >= 0.6 is 0 Å². The van der Waals surface area contributed by atoms with Gasteiger partial charge < -0.3 is 20.6 Å². The number of carbonyl (C=O) groups excluding carboxylic acids is 9. The van der Waals surface area contributed by atoms with Gasteiger partial charge in [-0.05, 0) is 112 Å². The molecule has 0 aromatic carbocycles. The monoisotopic (exact) mass is 1220 g/mol. The van der Waals surface area contributed by atoms with E-state index in [1.165, 1.54) is 0 Å². The fourth-order valence-corrected chi connectivity index (χ4v) is 17.4. The average molecular weight is 1220 g/mol. The fraction of sp³-hybridized carbons (Fsp3) is 0.855. The molecular weight excluding hydrogens is 1110 g/mol. The zero-order valence-corrected chi connectivity index (χ0v) is 55.3. The molecule has 3 N–H and O–H groups in total. The fourth-order valence-electron chi connectivity index (χ4n) is 15.8. The normalized spacial score (nSPS) is 30.1. The van der Waals surface area contributed by atoms with Crippen LogP contribution in [0.1, 0.15) is 274 Å². The van der Waals surface area contributed by atoms with Gasteiger partial charge in [0.05, 0.1) is 28.6 Å². The lowest BCUT2D eigenvalue weighted by Crippen LogP contribution is -2.52. The van der Waals surface area contributed by atoms with E-state index in [4.69, 9.17) is 15.6 Å². The van der Waals surface area contributed by atoms with Gasteiger partial charge in [0.25, 0.3) is 6.47 Å². The highest BCUT2D eigenvalue weighted by Crippen LogP contribution is 2.66. The summed E-state index contributed by atoms with van der Waals surface area (Å²) in [7, 11) is -3.45. The molecule has 0 spiro atoms. The maximum absolute atomic E-state index is 14.6. The number of carbonyl (C=O) groups is 10. The molecule has 86 heavy (non-hydrogen) atoms. The van der Waals surface area contributed by atoms with Gasteiger partial charge in [0.2, 0.25) is 23.4 Å². The summed E-state index contributed by atoms with van der Waals surface area (Å²) in [6, 6.07) is -1.71. The number of rotatable bonds is 16. The second-order valence-electron chi connectivity index (χ2n) is 29.7. The van der Waals surface area contributed by atoms with E-state index in [-0.39, 0.29) is 126 Å². The van der Waals surface area contributed by atoms with Crippen molar-refractivity contribution in [3.8, 4) is 0 Å². The Morgan fingerprint density at radius 3 is 1.37 bits per heavy atom. The summed E-state index contributed by atoms with van der Waals surface area (Å²) in [6.45, 7) is 18.6. The summed E-state index contributed by atoms with van der Waals surface area (Å²) in [4.78, 5) is 133. The van der Waals surface area contributed by atoms with E-state index >= 15 is 0 Å². The first-order valence-corrected chi connectivity index (χ1v) is 35.6. The summed E-state index contributed by atoms with van der Waals surface area (Å²) < 4.78 is 25.9. The van der Waals surface area contributed by atoms with Crippen molar-refractivity contribution in [1.82, 2.24) is 9.80 Å². The number of Topliss-reactive ketones (excluding diaryl/α,β-unsaturated/α-hetero) is 7. The lowest BCUT2D eigenvalue weighted by Gasteiger charge is -2.39. The molecule has 2 amide bonds. The van der Waals surface area contributed by atoms with Crippen LogP contribution in [-0.4, -0.2) is 124 Å². The first-order valence-electron chi connectivity index (χ1n) is 33.9. The van der Waals surface area contributed by atoms with Crippen molar-refractivity contribution in [1.29, 1.82) is 0 Å². The molecule has 7 fully saturated rings. The summed E-state index contributed by atoms with van der Waals surface area (Å²) in [5.74, 6) is -3.14. The van der Waals surface area contributed by atoms with Crippen LogP contribution in [0.3, 0.4) is 0 Å². The van der Waals surface area contributed by atoms with Crippen LogP contribution in [0.15, 0.2) is 0 Å². The Morgan fingerprint density at radius 1 is 0.593 bits per heavy atom. The summed E-state index contributed by atoms with van der Waals surface area (Å²) in [6.07, 6.45) is 24.3. The quantitative estimate of drug-likeness (QED) is 0.108. The first-order chi connectivity index (χ1) is 40.5. The second kappa shape index (κ2) is 32.7. The maximum atomic E-state index is 14.6. The molecule has 3 aliphatic carbocycles. The Bertz CT molecular complexity index is 2470. The zero-order chi connectivity index (χ0) is 63.8. The number of ketones is 7. The predicted molar refractivity (Wildman–Crippen MR) is 334 cm³/mol. The van der Waals surface area contributed by atoms with Crippen molar-refractivity contribution in [2.45, 2.75) is 297 Å². The SMILES string of the molecule is CCCCC(=O)C(=O)[C@@H]1CCCCCCCCC[C@H](CC(=O)CC2(CS(=O)(=O)C(C)(C)C)CCCCC2)C(=O)N2C[C@H]3[C@@H]([C@H]2C(=O)C1)C3(C)C.CCCCC(=O)C(=O)[C@@H]1CCCCCCCCC[C@H](N)C(=O)N2C[C@H]3[C@@H]([C@H]2C(=O)C1)C3(C)C.O=CO. The topological polar surface area (TPSA) is 258 Å². The third-order valence-corrected chi connectivity index (χ3v) is 24.4. The van der Waals surface area contributed by atoms with Crippen LogP contribution < -0.4 is 5.73 Å². The number of nitrogens with two attached hydrogens (primary N) is 1. The molecule has 0 unspecified atom stereocenters. The van der Waals surface area contributed by atoms with Crippen molar-refractivity contribution in [2.24, 2.45) is 63.4 Å². The van der Waals surface area contributed by atoms with Crippen molar-refractivity contribution >= 4 is 68.6 Å². The molecule has 488 valence electrons. The minimum absolute atomic E-state index is 0.00414. The second-order valence-corrected chi connectivity index (χ2v) is 32.4. The number of carboxylic acid groups (broad SMARTS) is 1. The van der Waals surface area contributed by atoms with Crippen LogP contribution in [0.4, 0.5) is 0 Å². The van der Waals surface area contributed by atoms with E-state index in [1.54, 1.807) is 30.6 Å². The molecule has 4 aliphatic heterocycles. The molecule has 10 atom stereocenters. The van der Waals surface area contributed by atoms with Crippen LogP contribution in [-0.2, 0) is 57.8 Å². The summed E-state index contributed by atoms with van der Waals surface area (Å²) in [5.41, 5.74) is 5.61. The molecule has 7 rings (SSSR count). The number of unbranched alkanes of at least 4 members (excludes halogenated alkanes) is 2. The summed E-state index contributed by atoms with van der Waals surface area (Å²) >= 11 is 0. The van der Waals surface area contributed by atoms with Gasteiger partial charge in [-0.25, -0.2) is 8.42 Å². The van der Waals surface area contributed by atoms with Crippen molar-refractivity contribution in [3.63, 3.8) is 0 Å². The molecule has 3 saturated carbocycles. The van der Waals surface area contributed by atoms with Crippen LogP contribution in [0.25, 0.3) is 0 Å². The number of piperidine rings is 2. The van der Waals surface area contributed by atoms with Crippen molar-refractivity contribution in [2.75, 3.05) is 18.8 Å². The van der Waals surface area contributed by atoms with Gasteiger partial charge in [-0.3, -0.25) is 47.9 Å². The minimum Gasteiger partial charge on any atom is -0.483 e. The standard InChI is InChI=1S/C41H67NO7S.C27H44N2O4.CH2O2/c1-7-8-21-33(44)37(46)29-19-15-12-10-9-11-13-16-20-30(38(47)42-27-32-35(40(32,5)6)36(42)34(45)25-29)24-31(43)26-41(22-17-14-18-23-41)28-50(48,49)39(2,3)4;1-4-5-15-21(30)25(32)18-13-11-9-7-6-8-10-12-14-20(28)26(33)29-17-19-23(27(19,2)3)24(29)22(31)16-18;2-1-3/h29-30,32,35-36H,7-28H2,1-6H3;18-20,23-24H,4-17,28H2,1-3H3;1H,(H,2,3)/t29-,30-,32+,35+,36-;18-,19+,20+,23+,24-;/m11./s1. The Morgan fingerprint density at radius 2 is 0.965 bits per heavy atom. The molecule has 0 aromatic heterocycles. The third-order valence-electron chi connectivity index (χ3n) is 21.6. The predicted octanol–water partition coefficient (Wildman–Crippen LogP) is 12.0. The maximum Gasteiger partial charge on any atom is 0.290 e. The Labute approximate surface area is 516 Å². The number of hydrogen-bond donors (Lipinski definition) is 2. The highest BCUT2D eigenvalue weighted by Gasteiger charge is 2.70. The van der Waals surface area contributed by atoms with E-state index in [9.17, 15) is 51.6 Å². The smallest absolute Gasteiger partial charge is 0.290 e. The first kappa shape index (κ1) is 72.8. The Kier molecular flexibility index (Phi) is 27.6. The van der Waals surface area contributed by atoms with Crippen LogP contribution in [0, 0.1) is 57.7 Å². The molecule has 0 radical (unpaired) electrons. The largest absolute Gasteiger partial charge is 0.483 e. The van der Waals surface area contributed by atoms with E-state index < -0.39 is 61.7 Å². The molecule has 0 bridgehead atoms.